The van der Waals surface area contributed by atoms with Gasteiger partial charge in [0.15, 0.2) is 0 Å². The average Bonchev–Trinajstić information content (AvgIpc) is 2.81. The number of benzene rings is 1. The lowest BCUT2D eigenvalue weighted by Gasteiger charge is -2.13. The van der Waals surface area contributed by atoms with Crippen LogP contribution in [-0.4, -0.2) is 0 Å². The van der Waals surface area contributed by atoms with Crippen LogP contribution in [-0.2, 0) is 6.54 Å². The van der Waals surface area contributed by atoms with E-state index in [4.69, 9.17) is 11.6 Å². The molecule has 1 aromatic carbocycles. The van der Waals surface area contributed by atoms with Gasteiger partial charge in [-0.25, -0.2) is 0 Å². The molecule has 0 unspecified atom stereocenters. The molecule has 0 aliphatic heterocycles. The zero-order valence-corrected chi connectivity index (χ0v) is 11.6. The third-order valence-electron chi connectivity index (χ3n) is 2.87. The van der Waals surface area contributed by atoms with Crippen molar-refractivity contribution in [2.75, 3.05) is 0 Å². The Kier molecular flexibility index (Phi) is 4.21. The van der Waals surface area contributed by atoms with Gasteiger partial charge in [0.2, 0.25) is 0 Å². The summed E-state index contributed by atoms with van der Waals surface area (Å²) < 4.78 is 0. The molecule has 1 nitrogen and oxygen atoms in total. The number of nitrogens with one attached hydrogen (secondary N) is 1. The molecule has 0 saturated carbocycles. The molecule has 0 radical (unpaired) electrons. The van der Waals surface area contributed by atoms with Crippen molar-refractivity contribution in [2.24, 2.45) is 0 Å². The molecule has 0 fully saturated rings. The van der Waals surface area contributed by atoms with Gasteiger partial charge in [-0.05, 0) is 48.6 Å². The second-order valence-electron chi connectivity index (χ2n) is 4.19. The number of aryl methyl sites for hydroxylation is 1. The van der Waals surface area contributed by atoms with Gasteiger partial charge in [-0.3, -0.25) is 0 Å². The van der Waals surface area contributed by atoms with E-state index in [0.29, 0.717) is 6.04 Å². The highest BCUT2D eigenvalue weighted by Crippen LogP contribution is 2.20. The maximum atomic E-state index is 5.94. The molecule has 0 aliphatic rings. The highest BCUT2D eigenvalue weighted by Gasteiger charge is 2.06. The van der Waals surface area contributed by atoms with E-state index in [1.165, 1.54) is 16.0 Å². The Balaban J connectivity index is 1.98. The highest BCUT2D eigenvalue weighted by molar-refractivity contribution is 7.10. The molecule has 1 aromatic heterocycles. The van der Waals surface area contributed by atoms with Crippen LogP contribution in [0.2, 0.25) is 5.02 Å². The van der Waals surface area contributed by atoms with E-state index in [-0.39, 0.29) is 0 Å². The predicted molar refractivity (Wildman–Crippen MR) is 75.8 cm³/mol. The van der Waals surface area contributed by atoms with Crippen LogP contribution < -0.4 is 5.32 Å². The van der Waals surface area contributed by atoms with Gasteiger partial charge in [-0.2, -0.15) is 0 Å². The van der Waals surface area contributed by atoms with E-state index >= 15 is 0 Å². The van der Waals surface area contributed by atoms with Crippen LogP contribution in [0.4, 0.5) is 0 Å². The van der Waals surface area contributed by atoms with E-state index in [1.807, 2.05) is 12.1 Å². The minimum absolute atomic E-state index is 0.394. The summed E-state index contributed by atoms with van der Waals surface area (Å²) >= 11 is 7.73. The summed E-state index contributed by atoms with van der Waals surface area (Å²) in [5.74, 6) is 0. The van der Waals surface area contributed by atoms with Crippen LogP contribution >= 0.6 is 22.9 Å². The standard InChI is InChI=1S/C14H16ClNS/c1-10-8-13(15)6-5-12(10)9-16-11(2)14-4-3-7-17-14/h3-8,11,16H,9H2,1-2H3/t11-/m0/s1. The Hall–Kier alpha value is -0.830. The SMILES string of the molecule is Cc1cc(Cl)ccc1CN[C@@H](C)c1cccs1. The Morgan fingerprint density at radius 3 is 2.82 bits per heavy atom. The van der Waals surface area contributed by atoms with Crippen molar-refractivity contribution in [1.29, 1.82) is 0 Å². The lowest BCUT2D eigenvalue weighted by molar-refractivity contribution is 0.581. The first-order valence-corrected chi connectivity index (χ1v) is 6.94. The quantitative estimate of drug-likeness (QED) is 0.855. The Morgan fingerprint density at radius 1 is 1.35 bits per heavy atom. The third-order valence-corrected chi connectivity index (χ3v) is 4.16. The molecule has 0 bridgehead atoms. The highest BCUT2D eigenvalue weighted by atomic mass is 35.5. The minimum Gasteiger partial charge on any atom is -0.305 e. The molecular weight excluding hydrogens is 250 g/mol. The normalized spacial score (nSPS) is 12.6. The summed E-state index contributed by atoms with van der Waals surface area (Å²) in [6.07, 6.45) is 0. The molecule has 1 atom stereocenters. The van der Waals surface area contributed by atoms with Crippen LogP contribution in [0.3, 0.4) is 0 Å². The number of rotatable bonds is 4. The van der Waals surface area contributed by atoms with Gasteiger partial charge < -0.3 is 5.32 Å². The van der Waals surface area contributed by atoms with Gasteiger partial charge in [-0.1, -0.05) is 23.7 Å². The largest absolute Gasteiger partial charge is 0.305 e. The van der Waals surface area contributed by atoms with Gasteiger partial charge >= 0.3 is 0 Å². The zero-order chi connectivity index (χ0) is 12.3. The molecule has 2 rings (SSSR count). The Morgan fingerprint density at radius 2 is 2.18 bits per heavy atom. The fourth-order valence-electron chi connectivity index (χ4n) is 1.76. The second-order valence-corrected chi connectivity index (χ2v) is 5.60. The summed E-state index contributed by atoms with van der Waals surface area (Å²) in [6.45, 7) is 5.16. The predicted octanol–water partition coefficient (Wildman–Crippen LogP) is 4.56. The van der Waals surface area contributed by atoms with E-state index in [2.05, 4.69) is 42.7 Å². The molecule has 1 N–H and O–H groups in total. The summed E-state index contributed by atoms with van der Waals surface area (Å²) in [4.78, 5) is 1.37. The summed E-state index contributed by atoms with van der Waals surface area (Å²) in [6, 6.07) is 10.7. The number of thiophene rings is 1. The smallest absolute Gasteiger partial charge is 0.0408 e. The number of halogens is 1. The van der Waals surface area contributed by atoms with Crippen molar-refractivity contribution in [1.82, 2.24) is 5.32 Å². The maximum absolute atomic E-state index is 5.94. The molecule has 17 heavy (non-hydrogen) atoms. The van der Waals surface area contributed by atoms with E-state index in [1.54, 1.807) is 11.3 Å². The molecule has 3 heteroatoms. The molecule has 0 amide bonds. The van der Waals surface area contributed by atoms with Crippen LogP contribution in [0.5, 0.6) is 0 Å². The summed E-state index contributed by atoms with van der Waals surface area (Å²) in [5.41, 5.74) is 2.54. The monoisotopic (exact) mass is 265 g/mol. The molecule has 90 valence electrons. The van der Waals surface area contributed by atoms with Crippen LogP contribution in [0.1, 0.15) is 29.0 Å². The molecular formula is C14H16ClNS. The van der Waals surface area contributed by atoms with Crippen molar-refractivity contribution >= 4 is 22.9 Å². The first-order chi connectivity index (χ1) is 8.16. The average molecular weight is 266 g/mol. The minimum atomic E-state index is 0.394. The van der Waals surface area contributed by atoms with E-state index in [0.717, 1.165) is 11.6 Å². The van der Waals surface area contributed by atoms with Gasteiger partial charge in [0.25, 0.3) is 0 Å². The first kappa shape index (κ1) is 12.6. The van der Waals surface area contributed by atoms with Gasteiger partial charge in [0.1, 0.15) is 0 Å². The Labute approximate surface area is 111 Å². The molecule has 0 aliphatic carbocycles. The van der Waals surface area contributed by atoms with E-state index < -0.39 is 0 Å². The van der Waals surface area contributed by atoms with Crippen LogP contribution in [0.15, 0.2) is 35.7 Å². The topological polar surface area (TPSA) is 12.0 Å². The first-order valence-electron chi connectivity index (χ1n) is 5.68. The van der Waals surface area contributed by atoms with Gasteiger partial charge in [-0.15, -0.1) is 11.3 Å². The van der Waals surface area contributed by atoms with Crippen molar-refractivity contribution in [3.63, 3.8) is 0 Å². The lowest BCUT2D eigenvalue weighted by atomic mass is 10.1. The van der Waals surface area contributed by atoms with Crippen LogP contribution in [0.25, 0.3) is 0 Å². The molecule has 2 aromatic rings. The summed E-state index contributed by atoms with van der Waals surface area (Å²) in [7, 11) is 0. The van der Waals surface area contributed by atoms with Crippen molar-refractivity contribution < 1.29 is 0 Å². The van der Waals surface area contributed by atoms with Gasteiger partial charge in [0.05, 0.1) is 0 Å². The third kappa shape index (κ3) is 3.32. The lowest BCUT2D eigenvalue weighted by Crippen LogP contribution is -2.17. The van der Waals surface area contributed by atoms with Crippen molar-refractivity contribution in [3.8, 4) is 0 Å². The zero-order valence-electron chi connectivity index (χ0n) is 10.0. The second kappa shape index (κ2) is 5.67. The van der Waals surface area contributed by atoms with Gasteiger partial charge in [0, 0.05) is 22.5 Å². The van der Waals surface area contributed by atoms with Crippen molar-refractivity contribution in [2.45, 2.75) is 26.4 Å². The Bertz CT molecular complexity index is 479. The molecule has 0 saturated heterocycles. The molecule has 1 heterocycles. The number of hydrogen-bond donors (Lipinski definition) is 1. The fraction of sp³-hybridized carbons (Fsp3) is 0.286. The van der Waals surface area contributed by atoms with Crippen molar-refractivity contribution in [3.05, 3.63) is 56.7 Å². The fourth-order valence-corrected chi connectivity index (χ4v) is 2.74. The van der Waals surface area contributed by atoms with Crippen LogP contribution in [0, 0.1) is 6.92 Å². The molecule has 0 spiro atoms. The number of hydrogen-bond acceptors (Lipinski definition) is 2. The summed E-state index contributed by atoms with van der Waals surface area (Å²) in [5, 5.41) is 6.44. The van der Waals surface area contributed by atoms with E-state index in [9.17, 15) is 0 Å². The maximum Gasteiger partial charge on any atom is 0.0408 e.